The van der Waals surface area contributed by atoms with Crippen LogP contribution in [0.3, 0.4) is 0 Å². The van der Waals surface area contributed by atoms with Crippen LogP contribution in [0.2, 0.25) is 0 Å². The smallest absolute Gasteiger partial charge is 0.312 e. The Morgan fingerprint density at radius 1 is 1.14 bits per heavy atom. The standard InChI is InChI=1S/C16H17N3O3/c1-18-13(9-14(20)19(2)16(18)22)17-15(21)12-8-11(12)10-6-4-3-5-7-10/h3-7,9,11-12H,8H2,1-2H3,(H,17,21)/t11-,12-/m1/s1. The lowest BCUT2D eigenvalue weighted by molar-refractivity contribution is -0.117. The van der Waals surface area contributed by atoms with Gasteiger partial charge in [0.25, 0.3) is 5.56 Å². The lowest BCUT2D eigenvalue weighted by atomic mass is 10.1. The van der Waals surface area contributed by atoms with Gasteiger partial charge in [0.2, 0.25) is 5.91 Å². The van der Waals surface area contributed by atoms with Crippen molar-refractivity contribution >= 4 is 11.7 Å². The second kappa shape index (κ2) is 5.29. The van der Waals surface area contributed by atoms with Gasteiger partial charge in [0.1, 0.15) is 5.82 Å². The third kappa shape index (κ3) is 2.47. The first-order valence-electron chi connectivity index (χ1n) is 7.12. The Kier molecular flexibility index (Phi) is 3.44. The second-order valence-electron chi connectivity index (χ2n) is 5.62. The summed E-state index contributed by atoms with van der Waals surface area (Å²) in [5, 5.41) is 2.69. The minimum Gasteiger partial charge on any atom is -0.312 e. The maximum absolute atomic E-state index is 12.3. The van der Waals surface area contributed by atoms with E-state index < -0.39 is 11.2 Å². The summed E-state index contributed by atoms with van der Waals surface area (Å²) in [6, 6.07) is 11.1. The zero-order valence-corrected chi connectivity index (χ0v) is 12.4. The summed E-state index contributed by atoms with van der Waals surface area (Å²) < 4.78 is 2.26. The number of aromatic nitrogens is 2. The highest BCUT2D eigenvalue weighted by atomic mass is 16.2. The largest absolute Gasteiger partial charge is 0.332 e. The summed E-state index contributed by atoms with van der Waals surface area (Å²) in [7, 11) is 2.93. The monoisotopic (exact) mass is 299 g/mol. The fraction of sp³-hybridized carbons (Fsp3) is 0.312. The van der Waals surface area contributed by atoms with Crippen molar-refractivity contribution in [3.8, 4) is 0 Å². The topological polar surface area (TPSA) is 73.1 Å². The predicted molar refractivity (Wildman–Crippen MR) is 82.8 cm³/mol. The Hall–Kier alpha value is -2.63. The summed E-state index contributed by atoms with van der Waals surface area (Å²) in [4.78, 5) is 35.8. The van der Waals surface area contributed by atoms with E-state index in [0.717, 1.165) is 16.6 Å². The number of nitrogens with zero attached hydrogens (tertiary/aromatic N) is 2. The normalized spacial score (nSPS) is 19.7. The van der Waals surface area contributed by atoms with Crippen molar-refractivity contribution in [2.45, 2.75) is 12.3 Å². The van der Waals surface area contributed by atoms with Crippen molar-refractivity contribution in [2.24, 2.45) is 20.0 Å². The average Bonchev–Trinajstić information content (AvgIpc) is 3.32. The van der Waals surface area contributed by atoms with E-state index in [4.69, 9.17) is 0 Å². The average molecular weight is 299 g/mol. The minimum absolute atomic E-state index is 0.110. The van der Waals surface area contributed by atoms with Crippen LogP contribution in [0.15, 0.2) is 46.0 Å². The SMILES string of the molecule is Cn1c(NC(=O)[C@@H]2C[C@@H]2c2ccccc2)cc(=O)n(C)c1=O. The van der Waals surface area contributed by atoms with Gasteiger partial charge in [-0.3, -0.25) is 18.7 Å². The van der Waals surface area contributed by atoms with E-state index in [9.17, 15) is 14.4 Å². The van der Waals surface area contributed by atoms with Gasteiger partial charge in [0.05, 0.1) is 0 Å². The molecule has 1 aliphatic rings. The van der Waals surface area contributed by atoms with Crippen molar-refractivity contribution in [3.63, 3.8) is 0 Å². The van der Waals surface area contributed by atoms with Crippen molar-refractivity contribution in [1.82, 2.24) is 9.13 Å². The number of benzene rings is 1. The summed E-state index contributed by atoms with van der Waals surface area (Å²) in [5.74, 6) is 0.181. The Morgan fingerprint density at radius 3 is 2.50 bits per heavy atom. The third-order valence-corrected chi connectivity index (χ3v) is 4.13. The predicted octanol–water partition coefficient (Wildman–Crippen LogP) is 0.826. The Labute approximate surface area is 127 Å². The molecule has 0 saturated heterocycles. The van der Waals surface area contributed by atoms with Crippen LogP contribution in [0.1, 0.15) is 17.9 Å². The van der Waals surface area contributed by atoms with E-state index in [2.05, 4.69) is 5.32 Å². The molecule has 0 aliphatic heterocycles. The first kappa shape index (κ1) is 14.3. The summed E-state index contributed by atoms with van der Waals surface area (Å²) in [6.45, 7) is 0. The Morgan fingerprint density at radius 2 is 1.82 bits per heavy atom. The van der Waals surface area contributed by atoms with Crippen LogP contribution in [0.25, 0.3) is 0 Å². The fourth-order valence-electron chi connectivity index (χ4n) is 2.63. The zero-order valence-electron chi connectivity index (χ0n) is 12.4. The number of carbonyl (C=O) groups excluding carboxylic acids is 1. The van der Waals surface area contributed by atoms with E-state index in [1.165, 1.54) is 24.7 Å². The lowest BCUT2D eigenvalue weighted by Gasteiger charge is -2.10. The summed E-state index contributed by atoms with van der Waals surface area (Å²) >= 11 is 0. The fourth-order valence-corrected chi connectivity index (χ4v) is 2.63. The van der Waals surface area contributed by atoms with Crippen LogP contribution in [-0.2, 0) is 18.9 Å². The summed E-state index contributed by atoms with van der Waals surface area (Å²) in [6.07, 6.45) is 0.786. The molecule has 1 aliphatic carbocycles. The molecule has 22 heavy (non-hydrogen) atoms. The van der Waals surface area contributed by atoms with Crippen molar-refractivity contribution in [3.05, 3.63) is 62.8 Å². The van der Waals surface area contributed by atoms with E-state index in [0.29, 0.717) is 0 Å². The number of rotatable bonds is 3. The molecule has 2 aromatic rings. The quantitative estimate of drug-likeness (QED) is 0.912. The molecule has 3 rings (SSSR count). The van der Waals surface area contributed by atoms with Gasteiger partial charge in [-0.25, -0.2) is 4.79 Å². The molecule has 1 aromatic heterocycles. The molecule has 1 aromatic carbocycles. The molecule has 6 heteroatoms. The van der Waals surface area contributed by atoms with Crippen LogP contribution in [0.4, 0.5) is 5.82 Å². The first-order valence-corrected chi connectivity index (χ1v) is 7.12. The van der Waals surface area contributed by atoms with Crippen LogP contribution in [-0.4, -0.2) is 15.0 Å². The van der Waals surface area contributed by atoms with Crippen LogP contribution < -0.4 is 16.6 Å². The van der Waals surface area contributed by atoms with E-state index >= 15 is 0 Å². The molecule has 0 bridgehead atoms. The zero-order chi connectivity index (χ0) is 15.9. The van der Waals surface area contributed by atoms with Gasteiger partial charge in [-0.2, -0.15) is 0 Å². The highest BCUT2D eigenvalue weighted by Gasteiger charge is 2.44. The molecule has 1 amide bonds. The highest BCUT2D eigenvalue weighted by Crippen LogP contribution is 2.47. The second-order valence-corrected chi connectivity index (χ2v) is 5.62. The van der Waals surface area contributed by atoms with Crippen molar-refractivity contribution in [2.75, 3.05) is 5.32 Å². The van der Waals surface area contributed by atoms with Gasteiger partial charge in [0, 0.05) is 26.1 Å². The molecule has 1 fully saturated rings. The molecule has 1 heterocycles. The van der Waals surface area contributed by atoms with E-state index in [-0.39, 0.29) is 23.6 Å². The number of anilines is 1. The Bertz CT molecular complexity index is 836. The van der Waals surface area contributed by atoms with E-state index in [1.807, 2.05) is 30.3 Å². The number of carbonyl (C=O) groups is 1. The van der Waals surface area contributed by atoms with Crippen molar-refractivity contribution in [1.29, 1.82) is 0 Å². The number of hydrogen-bond acceptors (Lipinski definition) is 3. The molecule has 1 saturated carbocycles. The molecule has 0 spiro atoms. The van der Waals surface area contributed by atoms with Crippen LogP contribution in [0.5, 0.6) is 0 Å². The first-order chi connectivity index (χ1) is 10.5. The maximum Gasteiger partial charge on any atom is 0.332 e. The lowest BCUT2D eigenvalue weighted by Crippen LogP contribution is -2.38. The molecular weight excluding hydrogens is 282 g/mol. The maximum atomic E-state index is 12.3. The molecule has 6 nitrogen and oxygen atoms in total. The molecule has 0 unspecified atom stereocenters. The molecule has 1 N–H and O–H groups in total. The summed E-state index contributed by atoms with van der Waals surface area (Å²) in [5.41, 5.74) is 0.243. The number of amides is 1. The van der Waals surface area contributed by atoms with Crippen LogP contribution >= 0.6 is 0 Å². The van der Waals surface area contributed by atoms with Gasteiger partial charge in [-0.15, -0.1) is 0 Å². The number of nitrogens with one attached hydrogen (secondary N) is 1. The molecular formula is C16H17N3O3. The Balaban J connectivity index is 1.77. The molecule has 2 atom stereocenters. The van der Waals surface area contributed by atoms with E-state index in [1.54, 1.807) is 0 Å². The van der Waals surface area contributed by atoms with Gasteiger partial charge in [0.15, 0.2) is 0 Å². The van der Waals surface area contributed by atoms with Crippen LogP contribution in [0, 0.1) is 5.92 Å². The third-order valence-electron chi connectivity index (χ3n) is 4.13. The van der Waals surface area contributed by atoms with Gasteiger partial charge < -0.3 is 5.32 Å². The highest BCUT2D eigenvalue weighted by molar-refractivity contribution is 5.94. The minimum atomic E-state index is -0.460. The number of hydrogen-bond donors (Lipinski definition) is 1. The van der Waals surface area contributed by atoms with Gasteiger partial charge in [-0.05, 0) is 17.9 Å². The van der Waals surface area contributed by atoms with Gasteiger partial charge in [-0.1, -0.05) is 30.3 Å². The van der Waals surface area contributed by atoms with Gasteiger partial charge >= 0.3 is 5.69 Å². The molecule has 0 radical (unpaired) electrons. The van der Waals surface area contributed by atoms with Crippen molar-refractivity contribution < 1.29 is 4.79 Å². The molecule has 114 valence electrons.